The van der Waals surface area contributed by atoms with Gasteiger partial charge in [0.15, 0.2) is 7.28 Å². The zero-order chi connectivity index (χ0) is 13.5. The van der Waals surface area contributed by atoms with Crippen LogP contribution in [0.5, 0.6) is 11.5 Å². The third-order valence-electron chi connectivity index (χ3n) is 2.67. The van der Waals surface area contributed by atoms with Crippen LogP contribution in [0.25, 0.3) is 0 Å². The van der Waals surface area contributed by atoms with E-state index in [0.29, 0.717) is 13.2 Å². The van der Waals surface area contributed by atoms with Crippen molar-refractivity contribution in [3.63, 3.8) is 0 Å². The molecule has 0 aromatic heterocycles. The highest BCUT2D eigenvalue weighted by Gasteiger charge is 2.02. The molecule has 0 atom stereocenters. The fourth-order valence-corrected chi connectivity index (χ4v) is 1.91. The van der Waals surface area contributed by atoms with E-state index < -0.39 is 0 Å². The lowest BCUT2D eigenvalue weighted by Crippen LogP contribution is -2.26. The number of rotatable bonds is 6. The lowest BCUT2D eigenvalue weighted by molar-refractivity contribution is 0.340. The third-order valence-corrected chi connectivity index (χ3v) is 2.67. The van der Waals surface area contributed by atoms with Crippen LogP contribution in [0.15, 0.2) is 48.5 Å². The maximum Gasteiger partial charge on any atom is 0.191 e. The van der Waals surface area contributed by atoms with Crippen molar-refractivity contribution in [1.29, 1.82) is 0 Å². The largest absolute Gasteiger partial charge is 0.494 e. The van der Waals surface area contributed by atoms with Gasteiger partial charge in [0.05, 0.1) is 13.2 Å². The summed E-state index contributed by atoms with van der Waals surface area (Å²) < 4.78 is 11.0. The van der Waals surface area contributed by atoms with Crippen LogP contribution in [0.3, 0.4) is 0 Å². The molecule has 0 saturated carbocycles. The monoisotopic (exact) mass is 253 g/mol. The maximum atomic E-state index is 5.50. The second-order valence-corrected chi connectivity index (χ2v) is 4.16. The third kappa shape index (κ3) is 4.06. The maximum absolute atomic E-state index is 5.50. The van der Waals surface area contributed by atoms with Crippen molar-refractivity contribution in [3.05, 3.63) is 48.5 Å². The molecule has 2 rings (SSSR count). The van der Waals surface area contributed by atoms with Crippen molar-refractivity contribution in [3.8, 4) is 11.5 Å². The van der Waals surface area contributed by atoms with Gasteiger partial charge in [-0.05, 0) is 38.1 Å². The molecule has 0 unspecified atom stereocenters. The van der Waals surface area contributed by atoms with Crippen molar-refractivity contribution in [2.75, 3.05) is 13.2 Å². The Morgan fingerprint density at radius 1 is 0.789 bits per heavy atom. The summed E-state index contributed by atoms with van der Waals surface area (Å²) in [7, 11) is 2.12. The van der Waals surface area contributed by atoms with E-state index in [1.165, 1.54) is 0 Å². The van der Waals surface area contributed by atoms with Gasteiger partial charge in [0, 0.05) is 0 Å². The minimum absolute atomic E-state index is 0.684. The summed E-state index contributed by atoms with van der Waals surface area (Å²) in [6, 6.07) is 16.2. The van der Waals surface area contributed by atoms with Crippen LogP contribution in [0.2, 0.25) is 0 Å². The van der Waals surface area contributed by atoms with Gasteiger partial charge in [-0.15, -0.1) is 0 Å². The smallest absolute Gasteiger partial charge is 0.191 e. The molecule has 2 nitrogen and oxygen atoms in total. The standard InChI is InChI=1S/C16H18BO2/c1-3-18-15-9-5-7-13(11-15)17-14-8-6-10-16(12-14)19-4-2/h5-12H,3-4H2,1-2H3. The van der Waals surface area contributed by atoms with Gasteiger partial charge in [0.1, 0.15) is 11.5 Å². The normalized spacial score (nSPS) is 10.0. The highest BCUT2D eigenvalue weighted by atomic mass is 16.5. The van der Waals surface area contributed by atoms with Crippen LogP contribution in [-0.2, 0) is 0 Å². The van der Waals surface area contributed by atoms with Crippen molar-refractivity contribution in [2.45, 2.75) is 13.8 Å². The van der Waals surface area contributed by atoms with E-state index in [2.05, 4.69) is 19.4 Å². The molecule has 2 aromatic carbocycles. The Labute approximate surface area is 115 Å². The summed E-state index contributed by atoms with van der Waals surface area (Å²) in [6.45, 7) is 5.34. The van der Waals surface area contributed by atoms with Crippen molar-refractivity contribution >= 4 is 18.2 Å². The van der Waals surface area contributed by atoms with Gasteiger partial charge in [-0.25, -0.2) is 0 Å². The minimum atomic E-state index is 0.684. The molecule has 1 radical (unpaired) electrons. The molecule has 0 heterocycles. The van der Waals surface area contributed by atoms with E-state index >= 15 is 0 Å². The van der Waals surface area contributed by atoms with Crippen LogP contribution in [-0.4, -0.2) is 20.5 Å². The van der Waals surface area contributed by atoms with Gasteiger partial charge in [0.2, 0.25) is 0 Å². The number of benzene rings is 2. The van der Waals surface area contributed by atoms with Gasteiger partial charge >= 0.3 is 0 Å². The lowest BCUT2D eigenvalue weighted by atomic mass is 9.64. The Balaban J connectivity index is 2.11. The average molecular weight is 253 g/mol. The number of hydrogen-bond donors (Lipinski definition) is 0. The molecule has 0 aliphatic heterocycles. The summed E-state index contributed by atoms with van der Waals surface area (Å²) in [6.07, 6.45) is 0. The Morgan fingerprint density at radius 2 is 1.26 bits per heavy atom. The lowest BCUT2D eigenvalue weighted by Gasteiger charge is -2.07. The van der Waals surface area contributed by atoms with E-state index in [1.54, 1.807) is 0 Å². The molecule has 0 aliphatic rings. The first-order valence-corrected chi connectivity index (χ1v) is 6.62. The summed E-state index contributed by atoms with van der Waals surface area (Å²) in [5.74, 6) is 1.80. The quantitative estimate of drug-likeness (QED) is 0.734. The molecule has 0 saturated heterocycles. The van der Waals surface area contributed by atoms with Gasteiger partial charge in [0.25, 0.3) is 0 Å². The van der Waals surface area contributed by atoms with Gasteiger partial charge < -0.3 is 9.47 Å². The molecule has 0 spiro atoms. The molecular formula is C16H18BO2. The number of ether oxygens (including phenoxy) is 2. The second kappa shape index (κ2) is 6.88. The predicted octanol–water partition coefficient (Wildman–Crippen LogP) is 2.14. The van der Waals surface area contributed by atoms with E-state index in [-0.39, 0.29) is 0 Å². The molecular weight excluding hydrogens is 235 g/mol. The first-order valence-electron chi connectivity index (χ1n) is 6.62. The van der Waals surface area contributed by atoms with E-state index in [9.17, 15) is 0 Å². The summed E-state index contributed by atoms with van der Waals surface area (Å²) in [5, 5.41) is 0. The average Bonchev–Trinajstić information content (AvgIpc) is 2.40. The van der Waals surface area contributed by atoms with Crippen LogP contribution < -0.4 is 20.4 Å². The Hall–Kier alpha value is -1.90. The SMILES string of the molecule is CCOc1cccc([B]c2cccc(OCC)c2)c1. The topological polar surface area (TPSA) is 18.5 Å². The Kier molecular flexibility index (Phi) is 4.90. The molecule has 0 N–H and O–H groups in total. The van der Waals surface area contributed by atoms with Crippen LogP contribution in [0.4, 0.5) is 0 Å². The van der Waals surface area contributed by atoms with Gasteiger partial charge in [-0.2, -0.15) is 0 Å². The highest BCUT2D eigenvalue weighted by Crippen LogP contribution is 2.08. The van der Waals surface area contributed by atoms with E-state index in [4.69, 9.17) is 9.47 Å². The van der Waals surface area contributed by atoms with Crippen LogP contribution in [0, 0.1) is 0 Å². The van der Waals surface area contributed by atoms with Gasteiger partial charge in [-0.3, -0.25) is 0 Å². The predicted molar refractivity (Wildman–Crippen MR) is 80.2 cm³/mol. The molecule has 2 aromatic rings. The first-order chi connectivity index (χ1) is 9.31. The van der Waals surface area contributed by atoms with Crippen molar-refractivity contribution in [1.82, 2.24) is 0 Å². The van der Waals surface area contributed by atoms with Crippen molar-refractivity contribution < 1.29 is 9.47 Å². The Bertz CT molecular complexity index is 478. The molecule has 0 amide bonds. The Morgan fingerprint density at radius 3 is 1.68 bits per heavy atom. The zero-order valence-corrected chi connectivity index (χ0v) is 11.4. The van der Waals surface area contributed by atoms with Gasteiger partial charge in [-0.1, -0.05) is 35.2 Å². The molecule has 0 aliphatic carbocycles. The molecule has 3 heteroatoms. The summed E-state index contributed by atoms with van der Waals surface area (Å²) >= 11 is 0. The second-order valence-electron chi connectivity index (χ2n) is 4.16. The highest BCUT2D eigenvalue weighted by molar-refractivity contribution is 6.67. The fraction of sp³-hybridized carbons (Fsp3) is 0.250. The molecule has 97 valence electrons. The minimum Gasteiger partial charge on any atom is -0.494 e. The summed E-state index contributed by atoms with van der Waals surface area (Å²) in [4.78, 5) is 0. The summed E-state index contributed by atoms with van der Waals surface area (Å²) in [5.41, 5.74) is 2.25. The van der Waals surface area contributed by atoms with E-state index in [1.807, 2.05) is 50.2 Å². The molecule has 0 fully saturated rings. The van der Waals surface area contributed by atoms with Crippen LogP contribution >= 0.6 is 0 Å². The zero-order valence-electron chi connectivity index (χ0n) is 11.4. The molecule has 0 bridgehead atoms. The fourth-order valence-electron chi connectivity index (χ4n) is 1.91. The molecule has 19 heavy (non-hydrogen) atoms. The first kappa shape index (κ1) is 13.5. The van der Waals surface area contributed by atoms with E-state index in [0.717, 1.165) is 22.4 Å². The van der Waals surface area contributed by atoms with Crippen LogP contribution in [0.1, 0.15) is 13.8 Å². The van der Waals surface area contributed by atoms with Crippen molar-refractivity contribution in [2.24, 2.45) is 0 Å². The number of hydrogen-bond acceptors (Lipinski definition) is 2.